The number of para-hydroxylation sites is 1. The number of hydrazone groups is 1. The van der Waals surface area contributed by atoms with Gasteiger partial charge in [0.1, 0.15) is 11.8 Å². The summed E-state index contributed by atoms with van der Waals surface area (Å²) in [6.07, 6.45) is 1.58. The Labute approximate surface area is 148 Å². The van der Waals surface area contributed by atoms with Crippen molar-refractivity contribution in [3.8, 4) is 11.8 Å². The molecule has 116 valence electrons. The molecule has 0 heterocycles. The molecule has 0 fully saturated rings. The zero-order valence-electron chi connectivity index (χ0n) is 12.0. The number of benzene rings is 2. The smallest absolute Gasteiger partial charge is 0.191 e. The molecule has 0 aliphatic carbocycles. The number of anilines is 1. The lowest BCUT2D eigenvalue weighted by atomic mass is 10.2. The Balaban J connectivity index is 1.98. The zero-order chi connectivity index (χ0) is 16.5. The third-order valence-electron chi connectivity index (χ3n) is 2.67. The van der Waals surface area contributed by atoms with E-state index in [1.54, 1.807) is 12.3 Å². The molecular formula is C16H13BrN4OS. The molecule has 0 aromatic heterocycles. The topological polar surface area (TPSA) is 69.4 Å². The average Bonchev–Trinajstić information content (AvgIpc) is 2.55. The van der Waals surface area contributed by atoms with Crippen molar-refractivity contribution in [2.75, 3.05) is 11.9 Å². The van der Waals surface area contributed by atoms with Crippen molar-refractivity contribution in [3.63, 3.8) is 0 Å². The van der Waals surface area contributed by atoms with Crippen molar-refractivity contribution in [2.45, 2.75) is 0 Å². The lowest BCUT2D eigenvalue weighted by molar-refractivity contribution is 0.367. The molecule has 5 nitrogen and oxygen atoms in total. The Morgan fingerprint density at radius 3 is 2.83 bits per heavy atom. The van der Waals surface area contributed by atoms with Crippen molar-refractivity contribution < 1.29 is 4.74 Å². The molecule has 2 aromatic rings. The summed E-state index contributed by atoms with van der Waals surface area (Å²) >= 11 is 8.55. The number of thiocarbonyl (C=S) groups is 1. The van der Waals surface area contributed by atoms with E-state index in [0.29, 0.717) is 10.9 Å². The number of halogens is 1. The van der Waals surface area contributed by atoms with Gasteiger partial charge in [-0.05, 0) is 42.5 Å². The van der Waals surface area contributed by atoms with E-state index in [1.165, 1.54) is 0 Å². The molecule has 2 N–H and O–H groups in total. The van der Waals surface area contributed by atoms with Crippen molar-refractivity contribution in [3.05, 3.63) is 58.6 Å². The molecule has 0 spiro atoms. The number of nitrogens with one attached hydrogen (secondary N) is 2. The van der Waals surface area contributed by atoms with Crippen LogP contribution in [0.3, 0.4) is 0 Å². The third-order valence-corrected chi connectivity index (χ3v) is 3.35. The quantitative estimate of drug-likeness (QED) is 0.464. The molecule has 0 saturated carbocycles. The second-order valence-electron chi connectivity index (χ2n) is 4.32. The number of rotatable bonds is 5. The standard InChI is InChI=1S/C16H13BrN4OS/c17-13-6-7-15(22-9-8-18)12(10-13)11-19-21-16(23)20-14-4-2-1-3-5-14/h1-7,10-11H,9H2,(H2,20,21,23). The van der Waals surface area contributed by atoms with Crippen LogP contribution in [0.2, 0.25) is 0 Å². The normalized spacial score (nSPS) is 10.1. The number of hydrogen-bond acceptors (Lipinski definition) is 4. The van der Waals surface area contributed by atoms with E-state index in [1.807, 2.05) is 48.5 Å². The molecule has 2 rings (SSSR count). The van der Waals surface area contributed by atoms with Gasteiger partial charge in [-0.3, -0.25) is 5.43 Å². The van der Waals surface area contributed by atoms with E-state index in [-0.39, 0.29) is 6.61 Å². The van der Waals surface area contributed by atoms with Gasteiger partial charge in [-0.25, -0.2) is 0 Å². The van der Waals surface area contributed by atoms with Crippen LogP contribution in [0.4, 0.5) is 5.69 Å². The summed E-state index contributed by atoms with van der Waals surface area (Å²) in [5.41, 5.74) is 4.34. The number of nitriles is 1. The van der Waals surface area contributed by atoms with Crippen LogP contribution >= 0.6 is 28.1 Å². The third kappa shape index (κ3) is 5.70. The summed E-state index contributed by atoms with van der Waals surface area (Å²) < 4.78 is 6.23. The van der Waals surface area contributed by atoms with Crippen molar-refractivity contribution in [2.24, 2.45) is 5.10 Å². The molecule has 0 saturated heterocycles. The fourth-order valence-electron chi connectivity index (χ4n) is 1.70. The summed E-state index contributed by atoms with van der Waals surface area (Å²) in [5.74, 6) is 0.572. The van der Waals surface area contributed by atoms with Crippen LogP contribution in [0.5, 0.6) is 5.75 Å². The minimum absolute atomic E-state index is 0.0239. The molecule has 2 aromatic carbocycles. The van der Waals surface area contributed by atoms with Gasteiger partial charge >= 0.3 is 0 Å². The second kappa shape index (κ2) is 8.88. The maximum atomic E-state index is 8.61. The predicted octanol–water partition coefficient (Wildman–Crippen LogP) is 3.67. The number of nitrogens with zero attached hydrogens (tertiary/aromatic N) is 2. The highest BCUT2D eigenvalue weighted by molar-refractivity contribution is 9.10. The Morgan fingerprint density at radius 2 is 2.09 bits per heavy atom. The lowest BCUT2D eigenvalue weighted by Gasteiger charge is -2.08. The molecular weight excluding hydrogens is 376 g/mol. The molecule has 0 atom stereocenters. The van der Waals surface area contributed by atoms with Gasteiger partial charge in [0.25, 0.3) is 0 Å². The summed E-state index contributed by atoms with van der Waals surface area (Å²) in [5, 5.41) is 16.1. The van der Waals surface area contributed by atoms with E-state index in [0.717, 1.165) is 15.7 Å². The predicted molar refractivity (Wildman–Crippen MR) is 98.6 cm³/mol. The number of ether oxygens (including phenoxy) is 1. The van der Waals surface area contributed by atoms with Crippen LogP contribution in [0.25, 0.3) is 0 Å². The van der Waals surface area contributed by atoms with Gasteiger partial charge in [-0.1, -0.05) is 34.1 Å². The fourth-order valence-corrected chi connectivity index (χ4v) is 2.25. The van der Waals surface area contributed by atoms with Crippen LogP contribution in [0.15, 0.2) is 58.1 Å². The number of hydrogen-bond donors (Lipinski definition) is 2. The maximum absolute atomic E-state index is 8.61. The van der Waals surface area contributed by atoms with Gasteiger partial charge in [0.2, 0.25) is 0 Å². The molecule has 0 bridgehead atoms. The largest absolute Gasteiger partial charge is 0.478 e. The molecule has 7 heteroatoms. The van der Waals surface area contributed by atoms with E-state index in [9.17, 15) is 0 Å². The molecule has 0 aliphatic rings. The van der Waals surface area contributed by atoms with E-state index < -0.39 is 0 Å². The van der Waals surface area contributed by atoms with Gasteiger partial charge in [-0.15, -0.1) is 0 Å². The van der Waals surface area contributed by atoms with Crippen LogP contribution in [0, 0.1) is 11.3 Å². The Kier molecular flexibility index (Phi) is 6.54. The Morgan fingerprint density at radius 1 is 1.30 bits per heavy atom. The highest BCUT2D eigenvalue weighted by atomic mass is 79.9. The first-order chi connectivity index (χ1) is 11.2. The molecule has 0 unspecified atom stereocenters. The van der Waals surface area contributed by atoms with Gasteiger partial charge < -0.3 is 10.1 Å². The van der Waals surface area contributed by atoms with Crippen LogP contribution < -0.4 is 15.5 Å². The first-order valence-corrected chi connectivity index (χ1v) is 7.83. The Bertz CT molecular complexity index is 743. The summed E-state index contributed by atoms with van der Waals surface area (Å²) in [6.45, 7) is -0.0239. The van der Waals surface area contributed by atoms with Crippen LogP contribution in [0.1, 0.15) is 5.56 Å². The van der Waals surface area contributed by atoms with Gasteiger partial charge in [0, 0.05) is 15.7 Å². The molecule has 0 aliphatic heterocycles. The minimum Gasteiger partial charge on any atom is -0.478 e. The van der Waals surface area contributed by atoms with E-state index in [4.69, 9.17) is 22.2 Å². The Hall–Kier alpha value is -2.43. The monoisotopic (exact) mass is 388 g/mol. The highest BCUT2D eigenvalue weighted by Crippen LogP contribution is 2.21. The SMILES string of the molecule is N#CCOc1ccc(Br)cc1C=NNC(=S)Nc1ccccc1. The van der Waals surface area contributed by atoms with Crippen molar-refractivity contribution in [1.82, 2.24) is 5.43 Å². The lowest BCUT2D eigenvalue weighted by Crippen LogP contribution is -2.23. The van der Waals surface area contributed by atoms with Crippen molar-refractivity contribution >= 4 is 45.2 Å². The summed E-state index contributed by atoms with van der Waals surface area (Å²) in [7, 11) is 0. The maximum Gasteiger partial charge on any atom is 0.191 e. The fraction of sp³-hybridized carbons (Fsp3) is 0.0625. The second-order valence-corrected chi connectivity index (χ2v) is 5.64. The summed E-state index contributed by atoms with van der Waals surface area (Å²) in [6, 6.07) is 16.9. The van der Waals surface area contributed by atoms with Crippen molar-refractivity contribution in [1.29, 1.82) is 5.26 Å². The summed E-state index contributed by atoms with van der Waals surface area (Å²) in [4.78, 5) is 0. The van der Waals surface area contributed by atoms with Crippen LogP contribution in [-0.2, 0) is 0 Å². The molecule has 0 amide bonds. The molecule has 0 radical (unpaired) electrons. The van der Waals surface area contributed by atoms with Crippen LogP contribution in [-0.4, -0.2) is 17.9 Å². The first-order valence-electron chi connectivity index (χ1n) is 6.63. The zero-order valence-corrected chi connectivity index (χ0v) is 14.4. The van der Waals surface area contributed by atoms with E-state index in [2.05, 4.69) is 31.8 Å². The minimum atomic E-state index is -0.0239. The first kappa shape index (κ1) is 16.9. The van der Waals surface area contributed by atoms with Gasteiger partial charge in [-0.2, -0.15) is 10.4 Å². The highest BCUT2D eigenvalue weighted by Gasteiger charge is 2.02. The van der Waals surface area contributed by atoms with Gasteiger partial charge in [0.15, 0.2) is 11.7 Å². The van der Waals surface area contributed by atoms with Gasteiger partial charge in [0.05, 0.1) is 6.21 Å². The van der Waals surface area contributed by atoms with E-state index >= 15 is 0 Å². The molecule has 23 heavy (non-hydrogen) atoms. The average molecular weight is 389 g/mol.